The van der Waals surface area contributed by atoms with Gasteiger partial charge in [0, 0.05) is 25.8 Å². The van der Waals surface area contributed by atoms with Gasteiger partial charge in [0.2, 0.25) is 0 Å². The van der Waals surface area contributed by atoms with Crippen LogP contribution in [0.3, 0.4) is 0 Å². The van der Waals surface area contributed by atoms with Crippen LogP contribution < -0.4 is 15.1 Å². The Morgan fingerprint density at radius 1 is 1.12 bits per heavy atom. The van der Waals surface area contributed by atoms with Gasteiger partial charge < -0.3 is 40.5 Å². The minimum atomic E-state index is -5.08. The number of aromatic nitrogens is 2. The molecule has 1 aromatic heterocycles. The first-order valence-corrected chi connectivity index (χ1v) is 11.4. The van der Waals surface area contributed by atoms with Gasteiger partial charge in [-0.15, -0.1) is 0 Å². The number of rotatable bonds is 6. The van der Waals surface area contributed by atoms with Crippen molar-refractivity contribution in [2.24, 2.45) is 5.73 Å². The number of halogens is 6. The number of H-pyrrole nitrogens is 1. The molecule has 1 fully saturated rings. The van der Waals surface area contributed by atoms with E-state index in [1.807, 2.05) is 0 Å². The lowest BCUT2D eigenvalue weighted by Crippen LogP contribution is -2.55. The third-order valence-electron chi connectivity index (χ3n) is 5.41. The SMILES string of the molecule is NC(CN1CC(Oc2ccc3c(c2C(=O)O)OB(O)CC3)C1)c1cnc[nH]1.O=C(O)C(F)(F)F.O=C(O)C(F)(F)F. The van der Waals surface area contributed by atoms with Crippen molar-refractivity contribution in [3.05, 3.63) is 41.5 Å². The number of nitrogens with two attached hydrogens (primary N) is 1. The summed E-state index contributed by atoms with van der Waals surface area (Å²) in [5.74, 6) is -6.18. The molecule has 0 radical (unpaired) electrons. The maximum absolute atomic E-state index is 11.8. The first-order valence-electron chi connectivity index (χ1n) is 11.4. The van der Waals surface area contributed by atoms with Gasteiger partial charge in [0.05, 0.1) is 18.1 Å². The van der Waals surface area contributed by atoms with Crippen molar-refractivity contribution in [2.75, 3.05) is 19.6 Å². The lowest BCUT2D eigenvalue weighted by molar-refractivity contribution is -0.193. The highest BCUT2D eigenvalue weighted by Gasteiger charge is 2.39. The summed E-state index contributed by atoms with van der Waals surface area (Å²) >= 11 is 0. The monoisotopic (exact) mass is 600 g/mol. The van der Waals surface area contributed by atoms with Gasteiger partial charge in [-0.05, 0) is 24.4 Å². The highest BCUT2D eigenvalue weighted by molar-refractivity contribution is 6.44. The zero-order valence-corrected chi connectivity index (χ0v) is 20.6. The lowest BCUT2D eigenvalue weighted by atomic mass is 9.78. The fraction of sp³-hybridized carbons (Fsp3) is 0.429. The Morgan fingerprint density at radius 2 is 1.68 bits per heavy atom. The summed E-state index contributed by atoms with van der Waals surface area (Å²) in [4.78, 5) is 38.6. The van der Waals surface area contributed by atoms with Crippen LogP contribution in [0.15, 0.2) is 24.7 Å². The molecule has 7 N–H and O–H groups in total. The molecule has 0 spiro atoms. The highest BCUT2D eigenvalue weighted by atomic mass is 19.4. The van der Waals surface area contributed by atoms with Gasteiger partial charge in [0.1, 0.15) is 23.2 Å². The van der Waals surface area contributed by atoms with E-state index in [9.17, 15) is 41.3 Å². The van der Waals surface area contributed by atoms with E-state index in [2.05, 4.69) is 14.9 Å². The molecule has 226 valence electrons. The summed E-state index contributed by atoms with van der Waals surface area (Å²) in [7, 11) is -0.992. The number of carboxylic acid groups (broad SMARTS) is 3. The van der Waals surface area contributed by atoms with Gasteiger partial charge in [0.15, 0.2) is 0 Å². The van der Waals surface area contributed by atoms with Crippen LogP contribution in [0, 0.1) is 0 Å². The summed E-state index contributed by atoms with van der Waals surface area (Å²) in [6.45, 7) is 1.97. The first kappa shape index (κ1) is 33.2. The van der Waals surface area contributed by atoms with Gasteiger partial charge >= 0.3 is 37.4 Å². The third-order valence-corrected chi connectivity index (χ3v) is 5.41. The Morgan fingerprint density at radius 3 is 2.15 bits per heavy atom. The zero-order valence-electron chi connectivity index (χ0n) is 20.6. The molecule has 2 aliphatic rings. The standard InChI is InChI=1S/C17H21BN4O5.2C2HF3O2/c19-12(13-5-20-9-21-13)8-22-6-11(7-22)26-14-2-1-10-3-4-18(25)27-16(10)15(14)17(23)24;2*3-2(4,5)1(6)7/h1-2,5,9,11-12,25H,3-4,6-8,19H2,(H,20,21)(H,23,24);2*(H,6,7). The molecular formula is C21H23BF6N4O9. The van der Waals surface area contributed by atoms with Crippen molar-refractivity contribution in [3.63, 3.8) is 0 Å². The number of alkyl halides is 6. The fourth-order valence-electron chi connectivity index (χ4n) is 3.49. The summed E-state index contributed by atoms with van der Waals surface area (Å²) < 4.78 is 74.7. The molecule has 1 atom stereocenters. The number of imidazole rings is 1. The number of hydrogen-bond acceptors (Lipinski definition) is 9. The number of fused-ring (bicyclic) bond motifs is 1. The van der Waals surface area contributed by atoms with Crippen molar-refractivity contribution in [1.82, 2.24) is 14.9 Å². The Bertz CT molecular complexity index is 1180. The molecule has 13 nitrogen and oxygen atoms in total. The predicted octanol–water partition coefficient (Wildman–Crippen LogP) is 1.55. The number of ether oxygens (including phenoxy) is 1. The van der Waals surface area contributed by atoms with E-state index in [0.717, 1.165) is 11.3 Å². The number of aromatic carboxylic acids is 1. The van der Waals surface area contributed by atoms with Crippen molar-refractivity contribution < 1.29 is 70.5 Å². The number of carboxylic acids is 3. The van der Waals surface area contributed by atoms with Crippen molar-refractivity contribution in [2.45, 2.75) is 37.2 Å². The number of nitrogens with one attached hydrogen (secondary N) is 1. The molecule has 0 bridgehead atoms. The summed E-state index contributed by atoms with van der Waals surface area (Å²) in [5.41, 5.74) is 7.74. The van der Waals surface area contributed by atoms with Crippen LogP contribution >= 0.6 is 0 Å². The molecular weight excluding hydrogens is 577 g/mol. The Labute approximate surface area is 226 Å². The van der Waals surface area contributed by atoms with Crippen molar-refractivity contribution in [3.8, 4) is 11.5 Å². The van der Waals surface area contributed by atoms with Crippen LogP contribution in [-0.4, -0.2) is 98.3 Å². The summed E-state index contributed by atoms with van der Waals surface area (Å²) in [6.07, 6.45) is -5.97. The van der Waals surface area contributed by atoms with Gasteiger partial charge in [-0.2, -0.15) is 26.3 Å². The van der Waals surface area contributed by atoms with Crippen LogP contribution in [-0.2, 0) is 16.0 Å². The molecule has 1 saturated heterocycles. The Balaban J connectivity index is 0.000000349. The summed E-state index contributed by atoms with van der Waals surface area (Å²) in [6, 6.07) is 3.30. The molecule has 0 aliphatic carbocycles. The van der Waals surface area contributed by atoms with E-state index in [0.29, 0.717) is 32.4 Å². The average molecular weight is 600 g/mol. The van der Waals surface area contributed by atoms with E-state index in [4.69, 9.17) is 34.9 Å². The molecule has 0 amide bonds. The van der Waals surface area contributed by atoms with E-state index in [-0.39, 0.29) is 29.2 Å². The van der Waals surface area contributed by atoms with Crippen molar-refractivity contribution >= 4 is 25.0 Å². The second-order valence-corrected chi connectivity index (χ2v) is 8.52. The number of hydrogen-bond donors (Lipinski definition) is 6. The molecule has 41 heavy (non-hydrogen) atoms. The number of aromatic amines is 1. The van der Waals surface area contributed by atoms with Crippen LogP contribution in [0.1, 0.15) is 27.7 Å². The first-order chi connectivity index (χ1) is 18.9. The van der Waals surface area contributed by atoms with E-state index < -0.39 is 37.4 Å². The number of aliphatic carboxylic acids is 2. The molecule has 2 aliphatic heterocycles. The topological polar surface area (TPSA) is 209 Å². The van der Waals surface area contributed by atoms with Gasteiger partial charge in [-0.1, -0.05) is 6.07 Å². The zero-order chi connectivity index (χ0) is 31.1. The van der Waals surface area contributed by atoms with Crippen LogP contribution in [0.5, 0.6) is 11.5 Å². The van der Waals surface area contributed by atoms with Crippen LogP contribution in [0.2, 0.25) is 6.32 Å². The maximum Gasteiger partial charge on any atom is 0.522 e. The molecule has 1 aromatic carbocycles. The Hall–Kier alpha value is -4.04. The minimum absolute atomic E-state index is 0.0288. The normalized spacial score (nSPS) is 16.0. The van der Waals surface area contributed by atoms with Gasteiger partial charge in [0.25, 0.3) is 0 Å². The molecule has 0 saturated carbocycles. The quantitative estimate of drug-likeness (QED) is 0.206. The molecule has 2 aromatic rings. The lowest BCUT2D eigenvalue weighted by Gasteiger charge is -2.40. The molecule has 1 unspecified atom stereocenters. The molecule has 20 heteroatoms. The second kappa shape index (κ2) is 13.5. The number of benzene rings is 1. The second-order valence-electron chi connectivity index (χ2n) is 8.52. The number of aryl methyl sites for hydroxylation is 1. The van der Waals surface area contributed by atoms with Crippen LogP contribution in [0.4, 0.5) is 26.3 Å². The Kier molecular flexibility index (Phi) is 11.0. The van der Waals surface area contributed by atoms with Gasteiger partial charge in [-0.25, -0.2) is 19.4 Å². The predicted molar refractivity (Wildman–Crippen MR) is 124 cm³/mol. The molecule has 4 rings (SSSR count). The van der Waals surface area contributed by atoms with Gasteiger partial charge in [-0.3, -0.25) is 4.90 Å². The smallest absolute Gasteiger partial charge is 0.522 e. The third kappa shape index (κ3) is 9.83. The van der Waals surface area contributed by atoms with E-state index >= 15 is 0 Å². The average Bonchev–Trinajstić information content (AvgIpc) is 3.37. The number of carbonyl (C=O) groups is 3. The van der Waals surface area contributed by atoms with E-state index in [1.165, 1.54) is 0 Å². The molecule has 3 heterocycles. The summed E-state index contributed by atoms with van der Waals surface area (Å²) in [5, 5.41) is 33.6. The van der Waals surface area contributed by atoms with Crippen molar-refractivity contribution in [1.29, 1.82) is 0 Å². The fourth-order valence-corrected chi connectivity index (χ4v) is 3.49. The maximum atomic E-state index is 11.8. The largest absolute Gasteiger partial charge is 0.535 e. The minimum Gasteiger partial charge on any atom is -0.535 e. The van der Waals surface area contributed by atoms with Crippen LogP contribution in [0.25, 0.3) is 0 Å². The van der Waals surface area contributed by atoms with E-state index in [1.54, 1.807) is 24.7 Å². The highest BCUT2D eigenvalue weighted by Crippen LogP contribution is 2.37. The number of nitrogens with zero attached hydrogens (tertiary/aromatic N) is 2. The number of likely N-dealkylation sites (tertiary alicyclic amines) is 1.